The second-order valence-electron chi connectivity index (χ2n) is 6.34. The molecule has 3 aromatic rings. The van der Waals surface area contributed by atoms with Crippen molar-refractivity contribution in [3.8, 4) is 5.69 Å². The molecule has 1 heterocycles. The van der Waals surface area contributed by atoms with E-state index < -0.39 is 0 Å². The molecule has 0 aliphatic rings. The summed E-state index contributed by atoms with van der Waals surface area (Å²) in [4.78, 5) is 13.6. The van der Waals surface area contributed by atoms with Crippen molar-refractivity contribution in [1.29, 1.82) is 0 Å². The summed E-state index contributed by atoms with van der Waals surface area (Å²) < 4.78 is 1.63. The molecule has 140 valence electrons. The number of quaternary nitrogens is 1. The fourth-order valence-electron chi connectivity index (χ4n) is 2.74. The summed E-state index contributed by atoms with van der Waals surface area (Å²) in [5, 5.41) is 15.4. The van der Waals surface area contributed by atoms with E-state index in [1.54, 1.807) is 4.68 Å². The number of para-hydroxylation sites is 1. The number of carbonyl (C=O) groups is 1. The first-order valence-corrected chi connectivity index (χ1v) is 9.72. The predicted molar refractivity (Wildman–Crippen MR) is 105 cm³/mol. The molecule has 2 N–H and O–H groups in total. The van der Waals surface area contributed by atoms with E-state index in [4.69, 9.17) is 0 Å². The van der Waals surface area contributed by atoms with Gasteiger partial charge in [0.1, 0.15) is 6.04 Å². The second kappa shape index (κ2) is 9.29. The lowest BCUT2D eigenvalue weighted by Crippen LogP contribution is -3.07. The number of hydrogen-bond donors (Lipinski definition) is 2. The molecule has 1 amide bonds. The Labute approximate surface area is 162 Å². The van der Waals surface area contributed by atoms with Crippen molar-refractivity contribution in [1.82, 2.24) is 25.5 Å². The number of hydrogen-bond acceptors (Lipinski definition) is 5. The summed E-state index contributed by atoms with van der Waals surface area (Å²) in [5.74, 6) is 0.224. The van der Waals surface area contributed by atoms with Crippen molar-refractivity contribution in [3.63, 3.8) is 0 Å². The number of rotatable bonds is 8. The fourth-order valence-corrected chi connectivity index (χ4v) is 3.46. The Kier molecular flexibility index (Phi) is 6.56. The zero-order chi connectivity index (χ0) is 19.1. The Morgan fingerprint density at radius 2 is 1.78 bits per heavy atom. The molecule has 0 radical (unpaired) electrons. The summed E-state index contributed by atoms with van der Waals surface area (Å²) in [7, 11) is 4.18. The molecule has 7 nitrogen and oxygen atoms in total. The number of tetrazole rings is 1. The third-order valence-electron chi connectivity index (χ3n) is 4.18. The van der Waals surface area contributed by atoms with Gasteiger partial charge in [0.05, 0.1) is 32.1 Å². The van der Waals surface area contributed by atoms with Gasteiger partial charge in [0.2, 0.25) is 11.1 Å². The normalized spacial score (nSPS) is 12.1. The number of carbonyl (C=O) groups excluding carboxylic acids is 1. The van der Waals surface area contributed by atoms with Crippen LogP contribution < -0.4 is 10.2 Å². The van der Waals surface area contributed by atoms with Crippen LogP contribution >= 0.6 is 11.8 Å². The van der Waals surface area contributed by atoms with E-state index in [0.29, 0.717) is 11.7 Å². The number of nitrogens with zero attached hydrogens (tertiary/aromatic N) is 4. The van der Waals surface area contributed by atoms with Crippen LogP contribution in [0.1, 0.15) is 11.6 Å². The number of nitrogens with one attached hydrogen (secondary N) is 2. The van der Waals surface area contributed by atoms with E-state index in [-0.39, 0.29) is 17.7 Å². The van der Waals surface area contributed by atoms with E-state index in [0.717, 1.165) is 5.69 Å². The Morgan fingerprint density at radius 3 is 2.44 bits per heavy atom. The SMILES string of the molecule is C[NH+](C)[C@@H](CNC(=O)CSc1nnnn1-c1ccccc1)c1ccccc1. The zero-order valence-corrected chi connectivity index (χ0v) is 16.2. The van der Waals surface area contributed by atoms with Gasteiger partial charge in [0, 0.05) is 5.56 Å². The van der Waals surface area contributed by atoms with Crippen molar-refractivity contribution >= 4 is 17.7 Å². The molecule has 8 heteroatoms. The first-order chi connectivity index (χ1) is 13.1. The lowest BCUT2D eigenvalue weighted by Gasteiger charge is -2.22. The lowest BCUT2D eigenvalue weighted by molar-refractivity contribution is -0.890. The van der Waals surface area contributed by atoms with Gasteiger partial charge in [-0.05, 0) is 22.6 Å². The predicted octanol–water partition coefficient (Wildman–Crippen LogP) is 0.756. The van der Waals surface area contributed by atoms with Crippen LogP contribution in [0.3, 0.4) is 0 Å². The van der Waals surface area contributed by atoms with Gasteiger partial charge in [-0.1, -0.05) is 60.3 Å². The zero-order valence-electron chi connectivity index (χ0n) is 15.4. The average Bonchev–Trinajstić information content (AvgIpc) is 3.16. The van der Waals surface area contributed by atoms with Crippen molar-refractivity contribution < 1.29 is 9.69 Å². The fraction of sp³-hybridized carbons (Fsp3) is 0.263. The van der Waals surface area contributed by atoms with Crippen molar-refractivity contribution in [2.45, 2.75) is 11.2 Å². The highest BCUT2D eigenvalue weighted by Gasteiger charge is 2.19. The third-order valence-corrected chi connectivity index (χ3v) is 5.10. The molecule has 0 spiro atoms. The van der Waals surface area contributed by atoms with Crippen molar-refractivity contribution in [2.24, 2.45) is 0 Å². The van der Waals surface area contributed by atoms with Gasteiger partial charge < -0.3 is 10.2 Å². The van der Waals surface area contributed by atoms with E-state index in [2.05, 4.69) is 47.1 Å². The largest absolute Gasteiger partial charge is 0.349 e. The summed E-state index contributed by atoms with van der Waals surface area (Å²) in [6.45, 7) is 0.579. The number of aromatic nitrogens is 4. The van der Waals surface area contributed by atoms with E-state index in [9.17, 15) is 4.79 Å². The Hall–Kier alpha value is -2.71. The van der Waals surface area contributed by atoms with E-state index >= 15 is 0 Å². The molecule has 0 aliphatic carbocycles. The van der Waals surface area contributed by atoms with Gasteiger partial charge in [-0.3, -0.25) is 4.79 Å². The smallest absolute Gasteiger partial charge is 0.230 e. The quantitative estimate of drug-likeness (QED) is 0.562. The number of likely N-dealkylation sites (N-methyl/N-ethyl adjacent to an activating group) is 1. The summed E-state index contributed by atoms with van der Waals surface area (Å²) in [5.41, 5.74) is 2.07. The highest BCUT2D eigenvalue weighted by molar-refractivity contribution is 7.99. The molecule has 0 fully saturated rings. The first kappa shape index (κ1) is 19.1. The van der Waals surface area contributed by atoms with Gasteiger partial charge in [0.25, 0.3) is 0 Å². The molecule has 3 rings (SSSR count). The average molecular weight is 384 g/mol. The summed E-state index contributed by atoms with van der Waals surface area (Å²) in [6, 6.07) is 20.0. The van der Waals surface area contributed by atoms with Gasteiger partial charge in [-0.2, -0.15) is 4.68 Å². The molecule has 0 aliphatic heterocycles. The Balaban J connectivity index is 1.55. The highest BCUT2D eigenvalue weighted by atomic mass is 32.2. The van der Waals surface area contributed by atoms with Gasteiger partial charge >= 0.3 is 0 Å². The molecule has 0 saturated heterocycles. The topological polar surface area (TPSA) is 77.1 Å². The number of amides is 1. The van der Waals surface area contributed by atoms with Crippen LogP contribution in [-0.4, -0.2) is 52.5 Å². The van der Waals surface area contributed by atoms with Gasteiger partial charge in [0.15, 0.2) is 0 Å². The molecule has 0 saturated carbocycles. The minimum absolute atomic E-state index is 0.0372. The first-order valence-electron chi connectivity index (χ1n) is 8.73. The van der Waals surface area contributed by atoms with Crippen molar-refractivity contribution in [2.75, 3.05) is 26.4 Å². The summed E-state index contributed by atoms with van der Waals surface area (Å²) >= 11 is 1.32. The Bertz CT molecular complexity index is 853. The number of benzene rings is 2. The van der Waals surface area contributed by atoms with E-state index in [1.165, 1.54) is 22.2 Å². The molecular weight excluding hydrogens is 360 g/mol. The summed E-state index contributed by atoms with van der Waals surface area (Å²) in [6.07, 6.45) is 0. The highest BCUT2D eigenvalue weighted by Crippen LogP contribution is 2.17. The minimum Gasteiger partial charge on any atom is -0.349 e. The lowest BCUT2D eigenvalue weighted by atomic mass is 10.1. The van der Waals surface area contributed by atoms with E-state index in [1.807, 2.05) is 48.5 Å². The van der Waals surface area contributed by atoms with Crippen LogP contribution in [-0.2, 0) is 4.79 Å². The standard InChI is InChI=1S/C19H22N6OS/c1-24(2)17(15-9-5-3-6-10-15)13-20-18(26)14-27-19-21-22-23-25(19)16-11-7-4-8-12-16/h3-12,17H,13-14H2,1-2H3,(H,20,26)/p+1/t17-/m0/s1. The second-order valence-corrected chi connectivity index (χ2v) is 7.28. The third kappa shape index (κ3) is 5.15. The van der Waals surface area contributed by atoms with Crippen molar-refractivity contribution in [3.05, 3.63) is 66.2 Å². The maximum Gasteiger partial charge on any atom is 0.230 e. The maximum absolute atomic E-state index is 12.3. The Morgan fingerprint density at radius 1 is 1.11 bits per heavy atom. The molecule has 0 bridgehead atoms. The molecule has 2 aromatic carbocycles. The van der Waals surface area contributed by atoms with Gasteiger partial charge in [-0.25, -0.2) is 0 Å². The molecule has 27 heavy (non-hydrogen) atoms. The number of thioether (sulfide) groups is 1. The monoisotopic (exact) mass is 383 g/mol. The van der Waals surface area contributed by atoms with Gasteiger partial charge in [-0.15, -0.1) is 5.10 Å². The molecule has 0 unspecified atom stereocenters. The van der Waals surface area contributed by atoms with Crippen LogP contribution in [0.4, 0.5) is 0 Å². The van der Waals surface area contributed by atoms with Crippen LogP contribution in [0, 0.1) is 0 Å². The maximum atomic E-state index is 12.3. The van der Waals surface area contributed by atoms with Crippen LogP contribution in [0.5, 0.6) is 0 Å². The molecule has 1 atom stereocenters. The minimum atomic E-state index is -0.0372. The van der Waals surface area contributed by atoms with Crippen LogP contribution in [0.25, 0.3) is 5.69 Å². The molecular formula is C19H23N6OS+. The van der Waals surface area contributed by atoms with Crippen LogP contribution in [0.2, 0.25) is 0 Å². The van der Waals surface area contributed by atoms with Crippen LogP contribution in [0.15, 0.2) is 65.8 Å². The molecule has 1 aromatic heterocycles.